The van der Waals surface area contributed by atoms with Crippen LogP contribution in [0.2, 0.25) is 0 Å². The topological polar surface area (TPSA) is 107 Å². The van der Waals surface area contributed by atoms with Crippen molar-refractivity contribution in [2.45, 2.75) is 45.1 Å². The van der Waals surface area contributed by atoms with E-state index in [4.69, 9.17) is 9.84 Å². The van der Waals surface area contributed by atoms with Gasteiger partial charge >= 0.3 is 5.97 Å². The van der Waals surface area contributed by atoms with Gasteiger partial charge in [0.05, 0.1) is 18.7 Å². The number of anilines is 2. The molecule has 178 valence electrons. The van der Waals surface area contributed by atoms with Crippen LogP contribution in [0.1, 0.15) is 37.8 Å². The van der Waals surface area contributed by atoms with Crippen LogP contribution in [-0.4, -0.2) is 40.8 Å². The first-order valence-corrected chi connectivity index (χ1v) is 11.3. The minimum absolute atomic E-state index is 0.0366. The van der Waals surface area contributed by atoms with E-state index in [1.54, 1.807) is 42.2 Å². The predicted molar refractivity (Wildman–Crippen MR) is 126 cm³/mol. The Balaban J connectivity index is 1.76. The summed E-state index contributed by atoms with van der Waals surface area (Å²) in [5, 5.41) is 20.9. The summed E-state index contributed by atoms with van der Waals surface area (Å²) in [7, 11) is 0. The summed E-state index contributed by atoms with van der Waals surface area (Å²) in [6.07, 6.45) is 3.22. The van der Waals surface area contributed by atoms with Crippen LogP contribution in [0.3, 0.4) is 0 Å². The van der Waals surface area contributed by atoms with Crippen molar-refractivity contribution in [1.29, 1.82) is 0 Å². The maximum absolute atomic E-state index is 13.6. The molecule has 3 atom stereocenters. The van der Waals surface area contributed by atoms with Gasteiger partial charge in [-0.15, -0.1) is 0 Å². The second-order valence-corrected chi connectivity index (χ2v) is 8.61. The number of hydrogen-bond acceptors (Lipinski definition) is 6. The molecule has 2 amide bonds. The van der Waals surface area contributed by atoms with Crippen molar-refractivity contribution in [2.75, 3.05) is 16.4 Å². The molecule has 8 heteroatoms. The fourth-order valence-electron chi connectivity index (χ4n) is 4.51. The van der Waals surface area contributed by atoms with Crippen molar-refractivity contribution in [3.05, 3.63) is 71.8 Å². The summed E-state index contributed by atoms with van der Waals surface area (Å²) in [5.41, 5.74) is 0.427. The van der Waals surface area contributed by atoms with Gasteiger partial charge in [-0.2, -0.15) is 0 Å². The average molecular weight is 465 g/mol. The number of amides is 2. The quantitative estimate of drug-likeness (QED) is 0.353. The first kappa shape index (κ1) is 23.7. The summed E-state index contributed by atoms with van der Waals surface area (Å²) in [4.78, 5) is 40.3. The molecule has 2 heterocycles. The van der Waals surface area contributed by atoms with Crippen molar-refractivity contribution in [2.24, 2.45) is 5.92 Å². The highest BCUT2D eigenvalue weighted by Crippen LogP contribution is 2.48. The molecule has 2 aliphatic heterocycles. The smallest absolute Gasteiger partial charge is 0.304 e. The van der Waals surface area contributed by atoms with E-state index >= 15 is 0 Å². The SMILES string of the molecule is CC(=O)OC1CC(=O)N1c1ccc2c(c1)[C@@](O)([C@H](C)/C=C/CCO)C(=O)N2Cc1ccccc1. The van der Waals surface area contributed by atoms with Crippen LogP contribution >= 0.6 is 0 Å². The van der Waals surface area contributed by atoms with Crippen molar-refractivity contribution < 1.29 is 29.3 Å². The van der Waals surface area contributed by atoms with Crippen LogP contribution in [-0.2, 0) is 31.3 Å². The Morgan fingerprint density at radius 3 is 2.62 bits per heavy atom. The number of aliphatic hydroxyl groups is 2. The molecule has 1 fully saturated rings. The molecule has 34 heavy (non-hydrogen) atoms. The van der Waals surface area contributed by atoms with E-state index in [-0.39, 0.29) is 25.5 Å². The largest absolute Gasteiger partial charge is 0.441 e. The molecular weight excluding hydrogens is 436 g/mol. The highest BCUT2D eigenvalue weighted by molar-refractivity contribution is 6.08. The normalized spacial score (nSPS) is 22.6. The van der Waals surface area contributed by atoms with Gasteiger partial charge in [-0.25, -0.2) is 0 Å². The maximum Gasteiger partial charge on any atom is 0.304 e. The van der Waals surface area contributed by atoms with Crippen LogP contribution in [0.15, 0.2) is 60.7 Å². The van der Waals surface area contributed by atoms with Crippen LogP contribution in [0.4, 0.5) is 11.4 Å². The lowest BCUT2D eigenvalue weighted by molar-refractivity contribution is -0.153. The average Bonchev–Trinajstić information content (AvgIpc) is 3.01. The Morgan fingerprint density at radius 2 is 1.97 bits per heavy atom. The first-order valence-electron chi connectivity index (χ1n) is 11.3. The molecule has 0 aliphatic carbocycles. The summed E-state index contributed by atoms with van der Waals surface area (Å²) < 4.78 is 5.22. The van der Waals surface area contributed by atoms with Crippen molar-refractivity contribution in [3.63, 3.8) is 0 Å². The summed E-state index contributed by atoms with van der Waals surface area (Å²) in [5.74, 6) is -1.77. The number of ether oxygens (including phenoxy) is 1. The van der Waals surface area contributed by atoms with Crippen molar-refractivity contribution >= 4 is 29.2 Å². The molecular formula is C26H28N2O6. The lowest BCUT2D eigenvalue weighted by Gasteiger charge is -2.39. The van der Waals surface area contributed by atoms with Gasteiger partial charge in [0.2, 0.25) is 5.91 Å². The highest BCUT2D eigenvalue weighted by atomic mass is 16.6. The lowest BCUT2D eigenvalue weighted by Crippen LogP contribution is -2.55. The number of β-lactam (4-membered cyclic amide) rings is 1. The van der Waals surface area contributed by atoms with Gasteiger partial charge in [-0.1, -0.05) is 49.4 Å². The first-order chi connectivity index (χ1) is 16.3. The molecule has 2 N–H and O–H groups in total. The zero-order valence-corrected chi connectivity index (χ0v) is 19.2. The van der Waals surface area contributed by atoms with Gasteiger partial charge < -0.3 is 19.8 Å². The van der Waals surface area contributed by atoms with Gasteiger partial charge in [0.1, 0.15) is 0 Å². The molecule has 0 bridgehead atoms. The maximum atomic E-state index is 13.6. The summed E-state index contributed by atoms with van der Waals surface area (Å²) in [6.45, 7) is 3.26. The molecule has 0 spiro atoms. The van der Waals surface area contributed by atoms with E-state index in [0.717, 1.165) is 5.56 Å². The molecule has 2 aromatic rings. The Hall–Kier alpha value is -3.49. The third-order valence-corrected chi connectivity index (χ3v) is 6.30. The molecule has 0 aromatic heterocycles. The summed E-state index contributed by atoms with van der Waals surface area (Å²) in [6, 6.07) is 14.5. The number of aliphatic hydroxyl groups excluding tert-OH is 1. The number of fused-ring (bicyclic) bond motifs is 1. The summed E-state index contributed by atoms with van der Waals surface area (Å²) >= 11 is 0. The molecule has 0 radical (unpaired) electrons. The van der Waals surface area contributed by atoms with Gasteiger partial charge in [0, 0.05) is 30.7 Å². The third-order valence-electron chi connectivity index (χ3n) is 6.30. The molecule has 1 saturated heterocycles. The number of rotatable bonds is 8. The fourth-order valence-corrected chi connectivity index (χ4v) is 4.51. The van der Waals surface area contributed by atoms with Crippen LogP contribution in [0, 0.1) is 5.92 Å². The Labute approximate surface area is 198 Å². The van der Waals surface area contributed by atoms with E-state index in [2.05, 4.69) is 0 Å². The number of benzene rings is 2. The van der Waals surface area contributed by atoms with Gasteiger partial charge in [0.15, 0.2) is 11.8 Å². The Morgan fingerprint density at radius 1 is 1.24 bits per heavy atom. The van der Waals surface area contributed by atoms with Crippen molar-refractivity contribution in [3.8, 4) is 0 Å². The van der Waals surface area contributed by atoms with Gasteiger partial charge in [0.25, 0.3) is 5.91 Å². The minimum atomic E-state index is -1.86. The zero-order valence-electron chi connectivity index (χ0n) is 19.2. The van der Waals surface area contributed by atoms with Crippen LogP contribution in [0.25, 0.3) is 0 Å². The van der Waals surface area contributed by atoms with E-state index in [1.165, 1.54) is 11.8 Å². The van der Waals surface area contributed by atoms with E-state index in [1.807, 2.05) is 30.3 Å². The predicted octanol–water partition coefficient (Wildman–Crippen LogP) is 2.62. The molecule has 2 aromatic carbocycles. The van der Waals surface area contributed by atoms with Gasteiger partial charge in [-0.05, 0) is 30.2 Å². The number of carbonyl (C=O) groups excluding carboxylic acids is 3. The molecule has 2 aliphatic rings. The minimum Gasteiger partial charge on any atom is -0.441 e. The Bertz CT molecular complexity index is 1130. The zero-order chi connectivity index (χ0) is 24.5. The second-order valence-electron chi connectivity index (χ2n) is 8.61. The number of carbonyl (C=O) groups is 3. The van der Waals surface area contributed by atoms with E-state index in [9.17, 15) is 19.5 Å². The van der Waals surface area contributed by atoms with Crippen LogP contribution < -0.4 is 9.80 Å². The number of hydrogen-bond donors (Lipinski definition) is 2. The molecule has 0 saturated carbocycles. The number of esters is 1. The van der Waals surface area contributed by atoms with E-state index < -0.39 is 29.6 Å². The highest BCUT2D eigenvalue weighted by Gasteiger charge is 2.53. The third kappa shape index (κ3) is 4.10. The van der Waals surface area contributed by atoms with E-state index in [0.29, 0.717) is 23.4 Å². The van der Waals surface area contributed by atoms with Crippen LogP contribution in [0.5, 0.6) is 0 Å². The van der Waals surface area contributed by atoms with Crippen molar-refractivity contribution in [1.82, 2.24) is 0 Å². The van der Waals surface area contributed by atoms with Gasteiger partial charge in [-0.3, -0.25) is 19.3 Å². The standard InChI is InChI=1S/C26H28N2O6/c1-17(8-6-7-13-29)26(33)21-14-20(28-23(31)15-24(28)34-18(2)30)11-12-22(21)27(25(26)32)16-19-9-4-3-5-10-19/h3-6,8-12,14,17,24,29,33H,7,13,15-16H2,1-2H3/b8-6+/t17-,24?,26+/m1/s1. The number of nitrogens with zero attached hydrogens (tertiary/aromatic N) is 2. The fraction of sp³-hybridized carbons (Fsp3) is 0.346. The second kappa shape index (κ2) is 9.40. The lowest BCUT2D eigenvalue weighted by atomic mass is 9.82. The molecule has 4 rings (SSSR count). The Kier molecular flexibility index (Phi) is 6.54. The molecule has 8 nitrogen and oxygen atoms in total. The monoisotopic (exact) mass is 464 g/mol. The molecule has 1 unspecified atom stereocenters.